The van der Waals surface area contributed by atoms with E-state index in [9.17, 15) is 9.32 Å². The van der Waals surface area contributed by atoms with Crippen LogP contribution in [0, 0.1) is 0 Å². The van der Waals surface area contributed by atoms with E-state index < -0.39 is 10.8 Å². The monoisotopic (exact) mass is 289 g/mol. The van der Waals surface area contributed by atoms with Gasteiger partial charge in [0, 0.05) is 40.9 Å². The number of aliphatic hydroxyl groups excluding tert-OH is 1. The minimum absolute atomic E-state index is 0.183. The van der Waals surface area contributed by atoms with E-state index in [1.807, 2.05) is 27.7 Å². The first-order chi connectivity index (χ1) is 8.84. The topological polar surface area (TPSA) is 64.9 Å². The van der Waals surface area contributed by atoms with Gasteiger partial charge >= 0.3 is 0 Å². The Morgan fingerprint density at radius 3 is 2.68 bits per heavy atom. The lowest BCUT2D eigenvalue weighted by atomic mass is 10.3. The number of aliphatic hydroxyl groups is 1. The van der Waals surface area contributed by atoms with Crippen molar-refractivity contribution < 1.29 is 9.32 Å². The summed E-state index contributed by atoms with van der Waals surface area (Å²) >= 11 is 0. The van der Waals surface area contributed by atoms with Crippen LogP contribution in [0.4, 0.5) is 0 Å². The van der Waals surface area contributed by atoms with Crippen LogP contribution in [0.5, 0.6) is 0 Å². The van der Waals surface area contributed by atoms with Crippen molar-refractivity contribution in [2.75, 3.05) is 31.9 Å². The van der Waals surface area contributed by atoms with Crippen molar-refractivity contribution in [2.45, 2.75) is 45.0 Å². The third kappa shape index (κ3) is 5.48. The fourth-order valence-electron chi connectivity index (χ4n) is 1.90. The molecule has 0 aliphatic carbocycles. The van der Waals surface area contributed by atoms with Crippen molar-refractivity contribution in [1.29, 1.82) is 0 Å². The molecule has 1 rings (SSSR count). The molecule has 6 heteroatoms. The zero-order chi connectivity index (χ0) is 14.5. The van der Waals surface area contributed by atoms with E-state index >= 15 is 0 Å². The number of aliphatic imine (C=N–C) groups is 1. The van der Waals surface area contributed by atoms with Crippen molar-refractivity contribution in [3.63, 3.8) is 0 Å². The number of hydrogen-bond donors (Lipinski definition) is 2. The van der Waals surface area contributed by atoms with Crippen molar-refractivity contribution >= 4 is 16.8 Å². The molecule has 1 fully saturated rings. The summed E-state index contributed by atoms with van der Waals surface area (Å²) in [5.41, 5.74) is 0. The lowest BCUT2D eigenvalue weighted by molar-refractivity contribution is 0.188. The molecule has 0 saturated carbocycles. The molecule has 0 amide bonds. The van der Waals surface area contributed by atoms with E-state index in [0.717, 1.165) is 25.5 Å². The predicted octanol–water partition coefficient (Wildman–Crippen LogP) is 0.566. The summed E-state index contributed by atoms with van der Waals surface area (Å²) in [7, 11) is -0.869. The Kier molecular flexibility index (Phi) is 6.26. The molecule has 2 atom stereocenters. The molecule has 5 nitrogen and oxygen atoms in total. The van der Waals surface area contributed by atoms with E-state index in [1.54, 1.807) is 0 Å². The molecule has 1 unspecified atom stereocenters. The number of guanidine groups is 1. The average molecular weight is 289 g/mol. The standard InChI is InChI=1S/C13H27N3O2S/c1-5-14-12(16-8-6-11(17)10-16)15-7-9-19(18)13(2,3)4/h11,17H,5-10H2,1-4H3,(H,14,15)/t11-,19?/m1/s1. The van der Waals surface area contributed by atoms with Gasteiger partial charge in [-0.15, -0.1) is 0 Å². The summed E-state index contributed by atoms with van der Waals surface area (Å²) in [4.78, 5) is 6.57. The maximum Gasteiger partial charge on any atom is 0.194 e. The molecular formula is C13H27N3O2S. The fraction of sp³-hybridized carbons (Fsp3) is 0.923. The summed E-state index contributed by atoms with van der Waals surface area (Å²) in [5.74, 6) is 1.40. The Balaban J connectivity index is 2.52. The van der Waals surface area contributed by atoms with Crippen LogP contribution in [0.15, 0.2) is 4.99 Å². The normalized spacial score (nSPS) is 22.7. The van der Waals surface area contributed by atoms with Gasteiger partial charge in [0.1, 0.15) is 0 Å². The van der Waals surface area contributed by atoms with E-state index in [4.69, 9.17) is 0 Å². The number of hydrogen-bond acceptors (Lipinski definition) is 3. The van der Waals surface area contributed by atoms with E-state index in [-0.39, 0.29) is 10.9 Å². The minimum Gasteiger partial charge on any atom is -0.391 e. The zero-order valence-electron chi connectivity index (χ0n) is 12.5. The number of rotatable bonds is 4. The van der Waals surface area contributed by atoms with Gasteiger partial charge < -0.3 is 15.3 Å². The lowest BCUT2D eigenvalue weighted by Gasteiger charge is -2.21. The highest BCUT2D eigenvalue weighted by Gasteiger charge is 2.23. The van der Waals surface area contributed by atoms with Gasteiger partial charge in [0.05, 0.1) is 12.6 Å². The quantitative estimate of drug-likeness (QED) is 0.586. The second-order valence-corrected chi connectivity index (χ2v) is 8.11. The maximum absolute atomic E-state index is 11.9. The highest BCUT2D eigenvalue weighted by molar-refractivity contribution is 7.86. The Bertz CT molecular complexity index is 339. The van der Waals surface area contributed by atoms with Crippen LogP contribution < -0.4 is 5.32 Å². The molecule has 0 bridgehead atoms. The molecule has 1 heterocycles. The van der Waals surface area contributed by atoms with Crippen LogP contribution >= 0.6 is 0 Å². The zero-order valence-corrected chi connectivity index (χ0v) is 13.3. The molecule has 2 N–H and O–H groups in total. The third-order valence-corrected chi connectivity index (χ3v) is 4.94. The number of nitrogens with one attached hydrogen (secondary N) is 1. The van der Waals surface area contributed by atoms with Crippen molar-refractivity contribution in [3.05, 3.63) is 0 Å². The van der Waals surface area contributed by atoms with Crippen molar-refractivity contribution in [3.8, 4) is 0 Å². The molecule has 0 aromatic carbocycles. The van der Waals surface area contributed by atoms with Crippen LogP contribution in [-0.4, -0.2) is 63.0 Å². The summed E-state index contributed by atoms with van der Waals surface area (Å²) in [6, 6.07) is 0. The molecule has 0 radical (unpaired) electrons. The van der Waals surface area contributed by atoms with Gasteiger partial charge in [-0.25, -0.2) is 0 Å². The Labute approximate surface area is 118 Å². The SMILES string of the molecule is CCNC(=NCCS(=O)C(C)(C)C)N1CC[C@@H](O)C1. The molecule has 1 aliphatic heterocycles. The van der Waals surface area contributed by atoms with E-state index in [1.165, 1.54) is 0 Å². The summed E-state index contributed by atoms with van der Waals surface area (Å²) in [6.45, 7) is 10.8. The number of nitrogens with zero attached hydrogens (tertiary/aromatic N) is 2. The Morgan fingerprint density at radius 1 is 1.53 bits per heavy atom. The molecule has 1 aliphatic rings. The molecule has 112 valence electrons. The highest BCUT2D eigenvalue weighted by Crippen LogP contribution is 2.11. The first-order valence-electron chi connectivity index (χ1n) is 6.94. The molecule has 0 spiro atoms. The fourth-order valence-corrected chi connectivity index (χ4v) is 2.77. The Morgan fingerprint density at radius 2 is 2.21 bits per heavy atom. The van der Waals surface area contributed by atoms with E-state index in [2.05, 4.69) is 15.2 Å². The van der Waals surface area contributed by atoms with Gasteiger partial charge in [0.25, 0.3) is 0 Å². The van der Waals surface area contributed by atoms with Gasteiger partial charge in [0.15, 0.2) is 5.96 Å². The van der Waals surface area contributed by atoms with Crippen LogP contribution in [0.1, 0.15) is 34.1 Å². The molecule has 0 aromatic rings. The average Bonchev–Trinajstić information content (AvgIpc) is 2.73. The highest BCUT2D eigenvalue weighted by atomic mass is 32.2. The van der Waals surface area contributed by atoms with Crippen LogP contribution in [-0.2, 0) is 10.8 Å². The Hall–Kier alpha value is -0.620. The van der Waals surface area contributed by atoms with Crippen LogP contribution in [0.3, 0.4) is 0 Å². The second kappa shape index (κ2) is 7.24. The smallest absolute Gasteiger partial charge is 0.194 e. The van der Waals surface area contributed by atoms with Crippen molar-refractivity contribution in [2.24, 2.45) is 4.99 Å². The number of β-amino-alcohol motifs (C(OH)–C–C–N with tert-alkyl or cyclic N) is 1. The largest absolute Gasteiger partial charge is 0.391 e. The molecule has 1 saturated heterocycles. The maximum atomic E-state index is 11.9. The second-order valence-electron chi connectivity index (χ2n) is 5.79. The lowest BCUT2D eigenvalue weighted by Crippen LogP contribution is -2.40. The minimum atomic E-state index is -0.869. The van der Waals surface area contributed by atoms with Gasteiger partial charge in [-0.3, -0.25) is 9.20 Å². The van der Waals surface area contributed by atoms with Gasteiger partial charge in [-0.2, -0.15) is 0 Å². The third-order valence-electron chi connectivity index (χ3n) is 3.02. The molecule has 0 aromatic heterocycles. The van der Waals surface area contributed by atoms with Gasteiger partial charge in [-0.05, 0) is 34.1 Å². The number of likely N-dealkylation sites (tertiary alicyclic amines) is 1. The van der Waals surface area contributed by atoms with Crippen LogP contribution in [0.25, 0.3) is 0 Å². The first kappa shape index (κ1) is 16.4. The molecule has 19 heavy (non-hydrogen) atoms. The summed E-state index contributed by atoms with van der Waals surface area (Å²) in [6.07, 6.45) is 0.533. The van der Waals surface area contributed by atoms with E-state index in [0.29, 0.717) is 18.8 Å². The van der Waals surface area contributed by atoms with Gasteiger partial charge in [0.2, 0.25) is 0 Å². The van der Waals surface area contributed by atoms with Crippen molar-refractivity contribution in [1.82, 2.24) is 10.2 Å². The first-order valence-corrected chi connectivity index (χ1v) is 8.26. The summed E-state index contributed by atoms with van der Waals surface area (Å²) < 4.78 is 11.8. The summed E-state index contributed by atoms with van der Waals surface area (Å²) in [5, 5.41) is 12.8. The molecular weight excluding hydrogens is 262 g/mol. The van der Waals surface area contributed by atoms with Crippen LogP contribution in [0.2, 0.25) is 0 Å². The predicted molar refractivity (Wildman–Crippen MR) is 80.9 cm³/mol. The van der Waals surface area contributed by atoms with Gasteiger partial charge in [-0.1, -0.05) is 0 Å².